The monoisotopic (exact) mass is 411 g/mol. The van der Waals surface area contributed by atoms with E-state index in [1.807, 2.05) is 17.6 Å². The zero-order valence-electron chi connectivity index (χ0n) is 16.1. The molecule has 2 N–H and O–H groups in total. The van der Waals surface area contributed by atoms with Gasteiger partial charge in [-0.1, -0.05) is 23.9 Å². The summed E-state index contributed by atoms with van der Waals surface area (Å²) in [5.41, 5.74) is 2.07. The van der Waals surface area contributed by atoms with E-state index in [0.717, 1.165) is 11.3 Å². The maximum absolute atomic E-state index is 12.4. The van der Waals surface area contributed by atoms with Gasteiger partial charge >= 0.3 is 0 Å². The fourth-order valence-electron chi connectivity index (χ4n) is 2.71. The third kappa shape index (κ3) is 5.14. The average molecular weight is 411 g/mol. The fraction of sp³-hybridized carbons (Fsp3) is 0.200. The van der Waals surface area contributed by atoms with Gasteiger partial charge in [0.15, 0.2) is 11.0 Å². The van der Waals surface area contributed by atoms with Gasteiger partial charge in [-0.05, 0) is 31.2 Å². The first kappa shape index (κ1) is 20.4. The number of hydrogen-bond acceptors (Lipinski definition) is 6. The number of anilines is 2. The molecule has 3 aromatic rings. The van der Waals surface area contributed by atoms with Crippen LogP contribution in [0.3, 0.4) is 0 Å². The van der Waals surface area contributed by atoms with E-state index < -0.39 is 0 Å². The van der Waals surface area contributed by atoms with Crippen molar-refractivity contribution in [1.82, 2.24) is 14.8 Å². The number of carbonyl (C=O) groups excluding carboxylic acids is 2. The highest BCUT2D eigenvalue weighted by Gasteiger charge is 2.17. The SMILES string of the molecule is C=CCn1c(SCC(=O)Nc2cccc(NC(C)=O)c2)nnc1-c1ccoc1C. The molecular weight excluding hydrogens is 390 g/mol. The second-order valence-corrected chi connectivity index (χ2v) is 7.14. The van der Waals surface area contributed by atoms with Crippen LogP contribution in [0, 0.1) is 6.92 Å². The molecule has 0 radical (unpaired) electrons. The lowest BCUT2D eigenvalue weighted by Crippen LogP contribution is -2.15. The van der Waals surface area contributed by atoms with Crippen LogP contribution < -0.4 is 10.6 Å². The summed E-state index contributed by atoms with van der Waals surface area (Å²) in [7, 11) is 0. The molecule has 0 aliphatic rings. The first-order valence-corrected chi connectivity index (χ1v) is 9.85. The Morgan fingerprint density at radius 3 is 2.66 bits per heavy atom. The zero-order valence-corrected chi connectivity index (χ0v) is 17.0. The van der Waals surface area contributed by atoms with Crippen molar-refractivity contribution >= 4 is 35.0 Å². The standard InChI is InChI=1S/C20H21N5O3S/c1-4-9-25-19(17-8-10-28-13(17)2)23-24-20(25)29-12-18(27)22-16-7-5-6-15(11-16)21-14(3)26/h4-8,10-11H,1,9,12H2,2-3H3,(H,21,26)(H,22,27). The molecule has 150 valence electrons. The van der Waals surface area contributed by atoms with E-state index >= 15 is 0 Å². The first-order chi connectivity index (χ1) is 14.0. The summed E-state index contributed by atoms with van der Waals surface area (Å²) >= 11 is 1.28. The summed E-state index contributed by atoms with van der Waals surface area (Å²) < 4.78 is 7.24. The number of nitrogens with one attached hydrogen (secondary N) is 2. The molecule has 0 aliphatic carbocycles. The number of carbonyl (C=O) groups is 2. The van der Waals surface area contributed by atoms with Gasteiger partial charge in [0, 0.05) is 24.8 Å². The largest absolute Gasteiger partial charge is 0.469 e. The van der Waals surface area contributed by atoms with Crippen molar-refractivity contribution in [3.05, 3.63) is 55.0 Å². The van der Waals surface area contributed by atoms with Crippen LogP contribution in [-0.2, 0) is 16.1 Å². The Kier molecular flexibility index (Phi) is 6.50. The van der Waals surface area contributed by atoms with Crippen LogP contribution in [0.1, 0.15) is 12.7 Å². The van der Waals surface area contributed by atoms with E-state index in [0.29, 0.717) is 28.9 Å². The summed E-state index contributed by atoms with van der Waals surface area (Å²) in [6.45, 7) is 7.58. The number of rotatable bonds is 8. The molecule has 0 saturated carbocycles. The smallest absolute Gasteiger partial charge is 0.234 e. The number of amides is 2. The minimum absolute atomic E-state index is 0.157. The van der Waals surface area contributed by atoms with E-state index in [1.165, 1.54) is 18.7 Å². The normalized spacial score (nSPS) is 10.6. The molecule has 2 aromatic heterocycles. The van der Waals surface area contributed by atoms with Crippen LogP contribution in [0.15, 0.2) is 58.8 Å². The van der Waals surface area contributed by atoms with Crippen molar-refractivity contribution in [3.63, 3.8) is 0 Å². The summed E-state index contributed by atoms with van der Waals surface area (Å²) in [4.78, 5) is 23.5. The van der Waals surface area contributed by atoms with Crippen LogP contribution in [0.2, 0.25) is 0 Å². The number of allylic oxidation sites excluding steroid dienone is 1. The van der Waals surface area contributed by atoms with Gasteiger partial charge in [0.2, 0.25) is 11.8 Å². The van der Waals surface area contributed by atoms with Gasteiger partial charge in [-0.25, -0.2) is 0 Å². The molecule has 29 heavy (non-hydrogen) atoms. The number of aryl methyl sites for hydroxylation is 1. The number of aromatic nitrogens is 3. The van der Waals surface area contributed by atoms with Gasteiger partial charge in [-0.2, -0.15) is 0 Å². The van der Waals surface area contributed by atoms with Crippen molar-refractivity contribution in [3.8, 4) is 11.4 Å². The van der Waals surface area contributed by atoms with Gasteiger partial charge in [-0.15, -0.1) is 16.8 Å². The molecule has 2 amide bonds. The lowest BCUT2D eigenvalue weighted by Gasteiger charge is -2.09. The van der Waals surface area contributed by atoms with Crippen LogP contribution >= 0.6 is 11.8 Å². The molecule has 8 nitrogen and oxygen atoms in total. The molecule has 9 heteroatoms. The van der Waals surface area contributed by atoms with Crippen molar-refractivity contribution in [1.29, 1.82) is 0 Å². The van der Waals surface area contributed by atoms with Crippen LogP contribution in [-0.4, -0.2) is 32.3 Å². The Labute approximate surface area is 172 Å². The summed E-state index contributed by atoms with van der Waals surface area (Å²) in [6, 6.07) is 8.80. The predicted octanol–water partition coefficient (Wildman–Crippen LogP) is 3.72. The molecule has 0 aliphatic heterocycles. The van der Waals surface area contributed by atoms with Crippen molar-refractivity contribution in [2.75, 3.05) is 16.4 Å². The van der Waals surface area contributed by atoms with E-state index in [2.05, 4.69) is 27.4 Å². The molecule has 0 saturated heterocycles. The Morgan fingerprint density at radius 1 is 1.24 bits per heavy atom. The van der Waals surface area contributed by atoms with Gasteiger partial charge < -0.3 is 15.1 Å². The maximum Gasteiger partial charge on any atom is 0.234 e. The third-order valence-electron chi connectivity index (χ3n) is 3.93. The molecule has 0 atom stereocenters. The summed E-state index contributed by atoms with van der Waals surface area (Å²) in [5.74, 6) is 1.21. The van der Waals surface area contributed by atoms with Crippen molar-refractivity contribution in [2.45, 2.75) is 25.5 Å². The third-order valence-corrected chi connectivity index (χ3v) is 4.89. The van der Waals surface area contributed by atoms with E-state index in [4.69, 9.17) is 4.42 Å². The van der Waals surface area contributed by atoms with E-state index in [-0.39, 0.29) is 17.6 Å². The topological polar surface area (TPSA) is 102 Å². The predicted molar refractivity (Wildman–Crippen MR) is 113 cm³/mol. The van der Waals surface area contributed by atoms with Crippen molar-refractivity contribution < 1.29 is 14.0 Å². The zero-order chi connectivity index (χ0) is 20.8. The maximum atomic E-state index is 12.4. The minimum atomic E-state index is -0.191. The Morgan fingerprint density at radius 2 is 2.00 bits per heavy atom. The Hall–Kier alpha value is -3.33. The minimum Gasteiger partial charge on any atom is -0.469 e. The molecule has 0 spiro atoms. The highest BCUT2D eigenvalue weighted by Crippen LogP contribution is 2.27. The molecular formula is C20H21N5O3S. The van der Waals surface area contributed by atoms with Crippen LogP contribution in [0.5, 0.6) is 0 Å². The highest BCUT2D eigenvalue weighted by molar-refractivity contribution is 7.99. The molecule has 2 heterocycles. The summed E-state index contributed by atoms with van der Waals surface area (Å²) in [6.07, 6.45) is 3.35. The number of furan rings is 1. The fourth-order valence-corrected chi connectivity index (χ4v) is 3.46. The van der Waals surface area contributed by atoms with Gasteiger partial charge in [0.05, 0.1) is 17.6 Å². The molecule has 1 aromatic carbocycles. The van der Waals surface area contributed by atoms with Gasteiger partial charge in [0.25, 0.3) is 0 Å². The van der Waals surface area contributed by atoms with Crippen molar-refractivity contribution in [2.24, 2.45) is 0 Å². The van der Waals surface area contributed by atoms with E-state index in [1.54, 1.807) is 36.6 Å². The van der Waals surface area contributed by atoms with Gasteiger partial charge in [-0.3, -0.25) is 14.2 Å². The second-order valence-electron chi connectivity index (χ2n) is 6.19. The number of hydrogen-bond donors (Lipinski definition) is 2. The average Bonchev–Trinajstić information content (AvgIpc) is 3.26. The lowest BCUT2D eigenvalue weighted by atomic mass is 10.2. The number of nitrogens with zero attached hydrogens (tertiary/aromatic N) is 3. The summed E-state index contributed by atoms with van der Waals surface area (Å²) in [5, 5.41) is 14.6. The van der Waals surface area contributed by atoms with Crippen LogP contribution in [0.4, 0.5) is 11.4 Å². The first-order valence-electron chi connectivity index (χ1n) is 8.86. The number of benzene rings is 1. The highest BCUT2D eigenvalue weighted by atomic mass is 32.2. The number of thioether (sulfide) groups is 1. The Bertz CT molecular complexity index is 1040. The van der Waals surface area contributed by atoms with E-state index in [9.17, 15) is 9.59 Å². The quantitative estimate of drug-likeness (QED) is 0.433. The Balaban J connectivity index is 1.67. The molecule has 0 fully saturated rings. The second kappa shape index (κ2) is 9.24. The molecule has 3 rings (SSSR count). The molecule has 0 bridgehead atoms. The lowest BCUT2D eigenvalue weighted by molar-refractivity contribution is -0.114. The van der Waals surface area contributed by atoms with Gasteiger partial charge in [0.1, 0.15) is 5.76 Å². The van der Waals surface area contributed by atoms with Crippen LogP contribution in [0.25, 0.3) is 11.4 Å². The molecule has 0 unspecified atom stereocenters.